The molecule has 0 fully saturated rings. The van der Waals surface area contributed by atoms with E-state index >= 15 is 0 Å². The van der Waals surface area contributed by atoms with Crippen molar-refractivity contribution in [2.45, 2.75) is 10.8 Å². The lowest BCUT2D eigenvalue weighted by atomic mass is 9.52. The zero-order chi connectivity index (χ0) is 41.3. The summed E-state index contributed by atoms with van der Waals surface area (Å²) in [6.45, 7) is 0. The van der Waals surface area contributed by atoms with Crippen LogP contribution in [-0.2, 0) is 10.8 Å². The van der Waals surface area contributed by atoms with E-state index in [0.29, 0.717) is 17.5 Å². The van der Waals surface area contributed by atoms with Crippen LogP contribution in [0.4, 0.5) is 0 Å². The number of hydrogen-bond acceptors (Lipinski definition) is 4. The summed E-state index contributed by atoms with van der Waals surface area (Å²) < 4.78 is 2.49. The first-order valence-corrected chi connectivity index (χ1v) is 22.4. The molecule has 3 nitrogen and oxygen atoms in total. The molecule has 0 atom stereocenters. The quantitative estimate of drug-likeness (QED) is 0.178. The van der Waals surface area contributed by atoms with Gasteiger partial charge in [-0.1, -0.05) is 200 Å². The molecular formula is C59H35N3S. The zero-order valence-electron chi connectivity index (χ0n) is 34.0. The minimum atomic E-state index is -0.614. The first kappa shape index (κ1) is 34.9. The van der Waals surface area contributed by atoms with Crippen LogP contribution < -0.4 is 0 Å². The van der Waals surface area contributed by atoms with E-state index in [9.17, 15) is 0 Å². The van der Waals surface area contributed by atoms with Gasteiger partial charge in [0.15, 0.2) is 17.5 Å². The monoisotopic (exact) mass is 817 g/mol. The first-order chi connectivity index (χ1) is 31.2. The Morgan fingerprint density at radius 1 is 0.286 bits per heavy atom. The van der Waals surface area contributed by atoms with Gasteiger partial charge in [0.05, 0.1) is 10.8 Å². The third kappa shape index (κ3) is 4.50. The molecule has 9 aromatic carbocycles. The molecule has 292 valence electrons. The molecule has 0 radical (unpaired) electrons. The molecule has 0 aliphatic heterocycles. The number of thiophene rings is 1. The second-order valence-electron chi connectivity index (χ2n) is 16.9. The molecule has 0 saturated carbocycles. The topological polar surface area (TPSA) is 38.7 Å². The van der Waals surface area contributed by atoms with Crippen LogP contribution in [0.5, 0.6) is 0 Å². The molecule has 2 aromatic heterocycles. The summed E-state index contributed by atoms with van der Waals surface area (Å²) in [5.74, 6) is 1.97. The Kier molecular flexibility index (Phi) is 7.12. The highest BCUT2D eigenvalue weighted by molar-refractivity contribution is 7.25. The van der Waals surface area contributed by atoms with Crippen molar-refractivity contribution in [2.24, 2.45) is 0 Å². The number of nitrogens with zero attached hydrogens (tertiary/aromatic N) is 3. The molecule has 0 saturated heterocycles. The lowest BCUT2D eigenvalue weighted by Crippen LogP contribution is -2.43. The summed E-state index contributed by atoms with van der Waals surface area (Å²) in [6.07, 6.45) is 0. The lowest BCUT2D eigenvalue weighted by Gasteiger charge is -2.48. The van der Waals surface area contributed by atoms with Gasteiger partial charge in [-0.25, -0.2) is 15.0 Å². The van der Waals surface area contributed by atoms with E-state index in [2.05, 4.69) is 194 Å². The van der Waals surface area contributed by atoms with Crippen LogP contribution in [0.15, 0.2) is 212 Å². The van der Waals surface area contributed by atoms with Crippen molar-refractivity contribution in [3.05, 3.63) is 257 Å². The van der Waals surface area contributed by atoms with Gasteiger partial charge in [-0.3, -0.25) is 0 Å². The Morgan fingerprint density at radius 2 is 0.730 bits per heavy atom. The summed E-state index contributed by atoms with van der Waals surface area (Å²) in [5, 5.41) is 2.52. The normalized spacial score (nSPS) is 14.3. The summed E-state index contributed by atoms with van der Waals surface area (Å²) in [5.41, 5.74) is 17.2. The van der Waals surface area contributed by atoms with Crippen molar-refractivity contribution in [2.75, 3.05) is 0 Å². The predicted molar refractivity (Wildman–Crippen MR) is 257 cm³/mol. The Bertz CT molecular complexity index is 3620. The van der Waals surface area contributed by atoms with Crippen LogP contribution in [0.3, 0.4) is 0 Å². The van der Waals surface area contributed by atoms with Crippen LogP contribution in [-0.4, -0.2) is 15.0 Å². The molecule has 3 aliphatic rings. The van der Waals surface area contributed by atoms with Gasteiger partial charge in [0.1, 0.15) is 0 Å². The van der Waals surface area contributed by atoms with Crippen LogP contribution in [0.2, 0.25) is 0 Å². The predicted octanol–water partition coefficient (Wildman–Crippen LogP) is 14.3. The van der Waals surface area contributed by atoms with Crippen molar-refractivity contribution in [3.8, 4) is 56.4 Å². The van der Waals surface area contributed by atoms with Gasteiger partial charge in [0, 0.05) is 36.9 Å². The Balaban J connectivity index is 1.05. The van der Waals surface area contributed by atoms with E-state index < -0.39 is 10.8 Å². The number of aromatic nitrogens is 3. The fraction of sp³-hybridized carbons (Fsp3) is 0.0339. The average molecular weight is 818 g/mol. The highest BCUT2D eigenvalue weighted by Crippen LogP contribution is 2.68. The van der Waals surface area contributed by atoms with Crippen molar-refractivity contribution >= 4 is 31.5 Å². The second-order valence-corrected chi connectivity index (χ2v) is 18.0. The third-order valence-corrected chi connectivity index (χ3v) is 15.2. The van der Waals surface area contributed by atoms with Crippen molar-refractivity contribution in [3.63, 3.8) is 0 Å². The largest absolute Gasteiger partial charge is 0.208 e. The molecule has 11 aromatic rings. The van der Waals surface area contributed by atoms with Gasteiger partial charge >= 0.3 is 0 Å². The van der Waals surface area contributed by atoms with Gasteiger partial charge in [0.2, 0.25) is 0 Å². The fourth-order valence-corrected chi connectivity index (χ4v) is 12.8. The molecule has 14 rings (SSSR count). The van der Waals surface area contributed by atoms with Crippen LogP contribution in [0.1, 0.15) is 44.5 Å². The van der Waals surface area contributed by atoms with Crippen LogP contribution in [0, 0.1) is 0 Å². The van der Waals surface area contributed by atoms with E-state index in [4.69, 9.17) is 15.0 Å². The van der Waals surface area contributed by atoms with Crippen LogP contribution >= 0.6 is 11.3 Å². The molecular weight excluding hydrogens is 783 g/mol. The average Bonchev–Trinajstić information content (AvgIpc) is 3.98. The molecule has 63 heavy (non-hydrogen) atoms. The summed E-state index contributed by atoms with van der Waals surface area (Å²) in [4.78, 5) is 16.0. The molecule has 2 spiro atoms. The standard InChI is InChI=1S/C59H35N3S/c1-2-17-36(18-3-1)55-60-56(37-33-34-41-40-21-7-15-32-52(40)63-53(41)35-37)62-57(61-55)43-23-16-31-51-54(43)42-22-6-10-26-46(42)59(51)49-29-13-11-27-47(49)58(48-28-12-14-30-50(48)59)44-24-8-4-19-38(44)39-20-5-9-25-45(39)58/h1-35H. The SMILES string of the molecule is c1ccc(-c2nc(-c3ccc4c(c3)sc3ccccc34)nc(-c3cccc4c3-c3ccccc3C43c4ccccc4C4(c5ccccc5-c5ccccc54)c4ccccc43)n2)cc1. The Hall–Kier alpha value is -7.79. The number of benzene rings is 9. The van der Waals surface area contributed by atoms with Gasteiger partial charge < -0.3 is 0 Å². The summed E-state index contributed by atoms with van der Waals surface area (Å²) in [6, 6.07) is 78.0. The number of hydrogen-bond donors (Lipinski definition) is 0. The van der Waals surface area contributed by atoms with Crippen molar-refractivity contribution < 1.29 is 0 Å². The minimum Gasteiger partial charge on any atom is -0.208 e. The molecule has 0 N–H and O–H groups in total. The molecule has 0 unspecified atom stereocenters. The number of rotatable bonds is 3. The van der Waals surface area contributed by atoms with Gasteiger partial charge in [-0.15, -0.1) is 11.3 Å². The first-order valence-electron chi connectivity index (χ1n) is 21.6. The maximum absolute atomic E-state index is 5.42. The number of fused-ring (bicyclic) bond motifs is 19. The van der Waals surface area contributed by atoms with Gasteiger partial charge in [-0.2, -0.15) is 0 Å². The van der Waals surface area contributed by atoms with Gasteiger partial charge in [0.25, 0.3) is 0 Å². The van der Waals surface area contributed by atoms with Gasteiger partial charge in [-0.05, 0) is 78.9 Å². The molecule has 2 heterocycles. The zero-order valence-corrected chi connectivity index (χ0v) is 34.8. The highest BCUT2D eigenvalue weighted by atomic mass is 32.1. The van der Waals surface area contributed by atoms with E-state index in [1.807, 2.05) is 29.5 Å². The summed E-state index contributed by atoms with van der Waals surface area (Å²) in [7, 11) is 0. The Labute approximate surface area is 368 Å². The highest BCUT2D eigenvalue weighted by Gasteiger charge is 2.59. The van der Waals surface area contributed by atoms with E-state index in [1.54, 1.807) is 0 Å². The molecule has 3 aliphatic carbocycles. The smallest absolute Gasteiger partial charge is 0.164 e. The second kappa shape index (κ2) is 12.9. The lowest BCUT2D eigenvalue weighted by molar-refractivity contribution is 0.633. The van der Waals surface area contributed by atoms with E-state index in [0.717, 1.165) is 22.3 Å². The van der Waals surface area contributed by atoms with Crippen molar-refractivity contribution in [1.29, 1.82) is 0 Å². The Morgan fingerprint density at radius 3 is 1.38 bits per heavy atom. The molecule has 0 amide bonds. The van der Waals surface area contributed by atoms with Crippen molar-refractivity contribution in [1.82, 2.24) is 15.0 Å². The van der Waals surface area contributed by atoms with Crippen LogP contribution in [0.25, 0.3) is 76.6 Å². The fourth-order valence-electron chi connectivity index (χ4n) is 11.7. The minimum absolute atomic E-state index is 0.496. The van der Waals surface area contributed by atoms with E-state index in [1.165, 1.54) is 81.4 Å². The third-order valence-electron chi connectivity index (χ3n) is 14.0. The molecule has 4 heteroatoms. The maximum atomic E-state index is 5.42. The van der Waals surface area contributed by atoms with E-state index in [-0.39, 0.29) is 0 Å². The summed E-state index contributed by atoms with van der Waals surface area (Å²) >= 11 is 1.81. The maximum Gasteiger partial charge on any atom is 0.164 e. The molecule has 0 bridgehead atoms.